The van der Waals surface area contributed by atoms with Crippen molar-refractivity contribution in [3.8, 4) is 0 Å². The summed E-state index contributed by atoms with van der Waals surface area (Å²) >= 11 is 0. The quantitative estimate of drug-likeness (QED) is 0.281. The lowest BCUT2D eigenvalue weighted by atomic mass is 9.96. The zero-order valence-electron chi connectivity index (χ0n) is 15.0. The van der Waals surface area contributed by atoms with Gasteiger partial charge in [0.15, 0.2) is 0 Å². The van der Waals surface area contributed by atoms with Crippen LogP contribution in [0.3, 0.4) is 0 Å². The SMILES string of the molecule is CC(C)(C)C1=CC(=CC=NN=CC=C2C=C(C(C)(C)C)SS2)SS1. The van der Waals surface area contributed by atoms with Gasteiger partial charge in [0, 0.05) is 19.6 Å². The molecule has 0 saturated heterocycles. The molecule has 0 saturated carbocycles. The van der Waals surface area contributed by atoms with E-state index in [2.05, 4.69) is 63.9 Å². The normalized spacial score (nSPS) is 23.1. The van der Waals surface area contributed by atoms with Gasteiger partial charge in [0.05, 0.1) is 12.4 Å². The molecular formula is C18H24N2S4. The minimum absolute atomic E-state index is 0.213. The highest BCUT2D eigenvalue weighted by Gasteiger charge is 2.23. The predicted octanol–water partition coefficient (Wildman–Crippen LogP) is 7.46. The first kappa shape index (κ1) is 20.0. The molecule has 0 aromatic carbocycles. The molecule has 130 valence electrons. The van der Waals surface area contributed by atoms with Crippen molar-refractivity contribution in [2.45, 2.75) is 41.5 Å². The van der Waals surface area contributed by atoms with Crippen LogP contribution < -0.4 is 0 Å². The van der Waals surface area contributed by atoms with Crippen molar-refractivity contribution in [1.82, 2.24) is 0 Å². The van der Waals surface area contributed by atoms with Crippen LogP contribution in [0, 0.1) is 10.8 Å². The molecule has 6 heteroatoms. The molecule has 0 N–H and O–H groups in total. The van der Waals surface area contributed by atoms with E-state index in [-0.39, 0.29) is 10.8 Å². The molecule has 2 rings (SSSR count). The Hall–Kier alpha value is -0.300. The van der Waals surface area contributed by atoms with E-state index in [1.54, 1.807) is 34.0 Å². The van der Waals surface area contributed by atoms with Crippen molar-refractivity contribution in [1.29, 1.82) is 0 Å². The highest BCUT2D eigenvalue weighted by molar-refractivity contribution is 8.80. The summed E-state index contributed by atoms with van der Waals surface area (Å²) in [4.78, 5) is 5.25. The van der Waals surface area contributed by atoms with Crippen molar-refractivity contribution < 1.29 is 0 Å². The molecule has 0 radical (unpaired) electrons. The Morgan fingerprint density at radius 1 is 0.667 bits per heavy atom. The fourth-order valence-corrected chi connectivity index (χ4v) is 7.13. The van der Waals surface area contributed by atoms with Crippen LogP contribution in [0.2, 0.25) is 0 Å². The van der Waals surface area contributed by atoms with Crippen LogP contribution >= 0.6 is 43.2 Å². The Kier molecular flexibility index (Phi) is 7.00. The first-order valence-electron chi connectivity index (χ1n) is 7.76. The maximum atomic E-state index is 4.09. The van der Waals surface area contributed by atoms with Gasteiger partial charge in [-0.2, -0.15) is 10.2 Å². The van der Waals surface area contributed by atoms with Crippen LogP contribution in [0.1, 0.15) is 41.5 Å². The number of nitrogens with zero attached hydrogens (tertiary/aromatic N) is 2. The van der Waals surface area contributed by atoms with Crippen LogP contribution in [-0.4, -0.2) is 12.4 Å². The zero-order valence-corrected chi connectivity index (χ0v) is 18.3. The van der Waals surface area contributed by atoms with E-state index in [0.29, 0.717) is 0 Å². The predicted molar refractivity (Wildman–Crippen MR) is 119 cm³/mol. The summed E-state index contributed by atoms with van der Waals surface area (Å²) in [6.45, 7) is 13.4. The fourth-order valence-electron chi connectivity index (χ4n) is 1.67. The highest BCUT2D eigenvalue weighted by atomic mass is 33.1. The van der Waals surface area contributed by atoms with Gasteiger partial charge in [-0.15, -0.1) is 0 Å². The van der Waals surface area contributed by atoms with Crippen molar-refractivity contribution in [2.24, 2.45) is 21.0 Å². The lowest BCUT2D eigenvalue weighted by Gasteiger charge is -2.17. The molecule has 2 aliphatic rings. The van der Waals surface area contributed by atoms with E-state index in [0.717, 1.165) is 0 Å². The second-order valence-corrected chi connectivity index (χ2v) is 12.0. The van der Waals surface area contributed by atoms with E-state index in [1.165, 1.54) is 19.6 Å². The number of allylic oxidation sites excluding steroid dienone is 6. The third kappa shape index (κ3) is 6.21. The summed E-state index contributed by atoms with van der Waals surface area (Å²) in [5, 5.41) is 8.17. The smallest absolute Gasteiger partial charge is 0.0507 e. The second kappa shape index (κ2) is 8.39. The van der Waals surface area contributed by atoms with Gasteiger partial charge in [-0.3, -0.25) is 0 Å². The molecule has 0 unspecified atom stereocenters. The molecule has 0 bridgehead atoms. The van der Waals surface area contributed by atoms with E-state index in [4.69, 9.17) is 0 Å². The van der Waals surface area contributed by atoms with Crippen LogP contribution in [0.5, 0.6) is 0 Å². The Bertz CT molecular complexity index is 595. The standard InChI is InChI=1S/C18H24N2S4/c1-17(2,3)15-11-13(21-23-15)7-9-19-20-10-8-14-12-16(24-22-14)18(4,5)6/h7-12H,1-6H3. The monoisotopic (exact) mass is 396 g/mol. The van der Waals surface area contributed by atoms with Gasteiger partial charge >= 0.3 is 0 Å². The molecule has 0 spiro atoms. The van der Waals surface area contributed by atoms with Gasteiger partial charge in [0.25, 0.3) is 0 Å². The van der Waals surface area contributed by atoms with Crippen LogP contribution in [0.15, 0.2) is 54.1 Å². The lowest BCUT2D eigenvalue weighted by molar-refractivity contribution is 0.534. The molecule has 0 fully saturated rings. The molecule has 0 aromatic rings. The van der Waals surface area contributed by atoms with E-state index in [1.807, 2.05) is 33.7 Å². The van der Waals surface area contributed by atoms with Gasteiger partial charge in [0.2, 0.25) is 0 Å². The Labute approximate surface area is 161 Å². The average molecular weight is 397 g/mol. The van der Waals surface area contributed by atoms with Gasteiger partial charge < -0.3 is 0 Å². The molecule has 0 aliphatic carbocycles. The largest absolute Gasteiger partial charge is 0.159 e. The number of rotatable bonds is 3. The maximum absolute atomic E-state index is 4.09. The Morgan fingerprint density at radius 3 is 1.33 bits per heavy atom. The summed E-state index contributed by atoms with van der Waals surface area (Å²) in [7, 11) is 7.23. The Balaban J connectivity index is 1.88. The minimum Gasteiger partial charge on any atom is -0.159 e. The third-order valence-electron chi connectivity index (χ3n) is 3.16. The van der Waals surface area contributed by atoms with Crippen molar-refractivity contribution in [3.05, 3.63) is 43.9 Å². The summed E-state index contributed by atoms with van der Waals surface area (Å²) in [5.74, 6) is 0. The molecule has 0 amide bonds. The molecule has 2 nitrogen and oxygen atoms in total. The van der Waals surface area contributed by atoms with Gasteiger partial charge in [-0.05, 0) is 35.1 Å². The fraction of sp³-hybridized carbons (Fsp3) is 0.444. The van der Waals surface area contributed by atoms with Gasteiger partial charge in [-0.1, -0.05) is 84.7 Å². The first-order valence-corrected chi connectivity index (χ1v) is 12.1. The van der Waals surface area contributed by atoms with Crippen molar-refractivity contribution >= 4 is 55.6 Å². The van der Waals surface area contributed by atoms with Crippen molar-refractivity contribution in [2.75, 3.05) is 0 Å². The van der Waals surface area contributed by atoms with Crippen LogP contribution in [0.4, 0.5) is 0 Å². The molecule has 2 aliphatic heterocycles. The average Bonchev–Trinajstić information content (AvgIpc) is 3.10. The summed E-state index contributed by atoms with van der Waals surface area (Å²) in [5.41, 5.74) is 0.427. The highest BCUT2D eigenvalue weighted by Crippen LogP contribution is 2.52. The van der Waals surface area contributed by atoms with Crippen molar-refractivity contribution in [3.63, 3.8) is 0 Å². The topological polar surface area (TPSA) is 24.7 Å². The van der Waals surface area contributed by atoms with E-state index in [9.17, 15) is 0 Å². The van der Waals surface area contributed by atoms with Gasteiger partial charge in [0.1, 0.15) is 0 Å². The molecule has 24 heavy (non-hydrogen) atoms. The minimum atomic E-state index is 0.213. The lowest BCUT2D eigenvalue weighted by Crippen LogP contribution is -2.04. The summed E-state index contributed by atoms with van der Waals surface area (Å²) in [6, 6.07) is 0. The van der Waals surface area contributed by atoms with E-state index < -0.39 is 0 Å². The molecule has 0 atom stereocenters. The molecular weight excluding hydrogens is 372 g/mol. The maximum Gasteiger partial charge on any atom is 0.0507 e. The summed E-state index contributed by atoms with van der Waals surface area (Å²) in [6.07, 6.45) is 12.0. The van der Waals surface area contributed by atoms with Crippen LogP contribution in [-0.2, 0) is 0 Å². The van der Waals surface area contributed by atoms with E-state index >= 15 is 0 Å². The second-order valence-electron chi connectivity index (χ2n) is 7.52. The molecule has 2 heterocycles. The van der Waals surface area contributed by atoms with Crippen LogP contribution in [0.25, 0.3) is 0 Å². The van der Waals surface area contributed by atoms with Gasteiger partial charge in [-0.25, -0.2) is 0 Å². The number of hydrogen-bond acceptors (Lipinski definition) is 6. The summed E-state index contributed by atoms with van der Waals surface area (Å²) < 4.78 is 0. The zero-order chi connectivity index (χ0) is 17.8. The third-order valence-corrected chi connectivity index (χ3v) is 8.77. The first-order chi connectivity index (χ1) is 11.2. The molecule has 0 aromatic heterocycles. The Morgan fingerprint density at radius 2 is 1.04 bits per heavy atom. The number of hydrogen-bond donors (Lipinski definition) is 0.